The van der Waals surface area contributed by atoms with Gasteiger partial charge in [-0.2, -0.15) is 0 Å². The van der Waals surface area contributed by atoms with E-state index in [1.54, 1.807) is 24.3 Å². The lowest BCUT2D eigenvalue weighted by Gasteiger charge is -2.28. The molecule has 0 saturated carbocycles. The average Bonchev–Trinajstić information content (AvgIpc) is 2.29. The van der Waals surface area contributed by atoms with Crippen LogP contribution in [0, 0.1) is 5.41 Å². The smallest absolute Gasteiger partial charge is 0.168 e. The zero-order valence-corrected chi connectivity index (χ0v) is 11.7. The van der Waals surface area contributed by atoms with Crippen molar-refractivity contribution in [3.8, 4) is 0 Å². The van der Waals surface area contributed by atoms with E-state index in [0.29, 0.717) is 29.1 Å². The van der Waals surface area contributed by atoms with Gasteiger partial charge >= 0.3 is 0 Å². The molecule has 0 aromatic heterocycles. The van der Waals surface area contributed by atoms with Crippen LogP contribution in [0.5, 0.6) is 0 Å². The van der Waals surface area contributed by atoms with Crippen LogP contribution in [0.1, 0.15) is 26.7 Å². The van der Waals surface area contributed by atoms with Crippen molar-refractivity contribution < 1.29 is 9.90 Å². The Balaban J connectivity index is 2.23. The third-order valence-electron chi connectivity index (χ3n) is 3.07. The van der Waals surface area contributed by atoms with Crippen molar-refractivity contribution in [2.75, 3.05) is 0 Å². The molecule has 0 atom stereocenters. The van der Waals surface area contributed by atoms with Crippen molar-refractivity contribution in [2.24, 2.45) is 10.4 Å². The minimum absolute atomic E-state index is 0.0635. The van der Waals surface area contributed by atoms with Gasteiger partial charge in [-0.05, 0) is 29.7 Å². The quantitative estimate of drug-likeness (QED) is 0.822. The summed E-state index contributed by atoms with van der Waals surface area (Å²) in [5.41, 5.74) is 0.829. The molecular formula is C15H16ClNO2. The third kappa shape index (κ3) is 3.44. The largest absolute Gasteiger partial charge is 0.511 e. The zero-order valence-electron chi connectivity index (χ0n) is 11.0. The van der Waals surface area contributed by atoms with E-state index in [1.165, 1.54) is 6.21 Å². The van der Waals surface area contributed by atoms with Gasteiger partial charge in [0.15, 0.2) is 5.78 Å². The predicted octanol–water partition coefficient (Wildman–Crippen LogP) is 4.24. The highest BCUT2D eigenvalue weighted by Crippen LogP contribution is 2.35. The molecule has 100 valence electrons. The van der Waals surface area contributed by atoms with Crippen LogP contribution in [0.15, 0.2) is 40.6 Å². The van der Waals surface area contributed by atoms with Crippen LogP contribution in [0.4, 0.5) is 5.69 Å². The second-order valence-electron chi connectivity index (χ2n) is 5.54. The molecule has 2 rings (SSSR count). The van der Waals surface area contributed by atoms with Crippen LogP contribution >= 0.6 is 11.6 Å². The number of aliphatic hydroxyl groups excluding tert-OH is 1. The predicted molar refractivity (Wildman–Crippen MR) is 77.3 cm³/mol. The number of Topliss-reactive ketones (excluding diaryl/α,β-unsaturated/α-hetero) is 1. The molecule has 1 aromatic rings. The van der Waals surface area contributed by atoms with E-state index in [9.17, 15) is 9.90 Å². The summed E-state index contributed by atoms with van der Waals surface area (Å²) in [5.74, 6) is 0.0606. The van der Waals surface area contributed by atoms with E-state index >= 15 is 0 Å². The van der Waals surface area contributed by atoms with Gasteiger partial charge in [-0.15, -0.1) is 0 Å². The van der Waals surface area contributed by atoms with Gasteiger partial charge in [-0.1, -0.05) is 25.4 Å². The molecule has 0 saturated heterocycles. The number of carbonyl (C=O) groups is 1. The Hall–Kier alpha value is -1.61. The molecule has 0 amide bonds. The number of hydrogen-bond acceptors (Lipinski definition) is 3. The molecule has 0 bridgehead atoms. The van der Waals surface area contributed by atoms with Crippen molar-refractivity contribution in [3.63, 3.8) is 0 Å². The van der Waals surface area contributed by atoms with Gasteiger partial charge in [-0.25, -0.2) is 0 Å². The van der Waals surface area contributed by atoms with Gasteiger partial charge in [0.1, 0.15) is 5.76 Å². The van der Waals surface area contributed by atoms with Crippen LogP contribution in [-0.2, 0) is 4.79 Å². The highest BCUT2D eigenvalue weighted by molar-refractivity contribution is 6.30. The fourth-order valence-corrected chi connectivity index (χ4v) is 2.24. The maximum absolute atomic E-state index is 12.0. The van der Waals surface area contributed by atoms with Crippen LogP contribution in [-0.4, -0.2) is 17.1 Å². The van der Waals surface area contributed by atoms with E-state index in [0.717, 1.165) is 0 Å². The first kappa shape index (κ1) is 13.8. The molecule has 1 N–H and O–H groups in total. The van der Waals surface area contributed by atoms with E-state index in [4.69, 9.17) is 11.6 Å². The molecule has 1 aliphatic rings. The zero-order chi connectivity index (χ0) is 14.0. The topological polar surface area (TPSA) is 49.7 Å². The van der Waals surface area contributed by atoms with Crippen LogP contribution < -0.4 is 0 Å². The summed E-state index contributed by atoms with van der Waals surface area (Å²) < 4.78 is 0. The molecule has 3 nitrogen and oxygen atoms in total. The summed E-state index contributed by atoms with van der Waals surface area (Å²) in [6.07, 6.45) is 2.37. The number of carbonyl (C=O) groups excluding carboxylic acids is 1. The molecule has 1 aliphatic carbocycles. The Kier molecular flexibility index (Phi) is 3.76. The lowest BCUT2D eigenvalue weighted by molar-refractivity contribution is -0.117. The first-order valence-corrected chi connectivity index (χ1v) is 6.50. The molecular weight excluding hydrogens is 262 g/mol. The SMILES string of the molecule is CC1(C)CC(=O)C(C=Nc2ccc(Cl)cc2)=C(O)C1. The van der Waals surface area contributed by atoms with Gasteiger partial charge in [-0.3, -0.25) is 9.79 Å². The lowest BCUT2D eigenvalue weighted by Crippen LogP contribution is -2.26. The van der Waals surface area contributed by atoms with Crippen LogP contribution in [0.25, 0.3) is 0 Å². The van der Waals surface area contributed by atoms with E-state index in [-0.39, 0.29) is 17.0 Å². The number of nitrogens with zero attached hydrogens (tertiary/aromatic N) is 1. The standard InChI is InChI=1S/C15H16ClNO2/c1-15(2)7-13(18)12(14(19)8-15)9-17-11-5-3-10(16)4-6-11/h3-6,9,18H,7-8H2,1-2H3. The summed E-state index contributed by atoms with van der Waals surface area (Å²) >= 11 is 5.78. The Bertz CT molecular complexity index is 556. The first-order valence-electron chi connectivity index (χ1n) is 6.12. The summed E-state index contributed by atoms with van der Waals surface area (Å²) in [7, 11) is 0. The number of aliphatic imine (C=N–C) groups is 1. The van der Waals surface area contributed by atoms with Gasteiger partial charge in [0.05, 0.1) is 11.3 Å². The Labute approximate surface area is 117 Å². The number of ketones is 1. The van der Waals surface area contributed by atoms with Gasteiger partial charge in [0, 0.05) is 24.1 Å². The van der Waals surface area contributed by atoms with Crippen LogP contribution in [0.3, 0.4) is 0 Å². The fraction of sp³-hybridized carbons (Fsp3) is 0.333. The fourth-order valence-electron chi connectivity index (χ4n) is 2.11. The van der Waals surface area contributed by atoms with Crippen molar-refractivity contribution in [1.29, 1.82) is 0 Å². The van der Waals surface area contributed by atoms with Crippen molar-refractivity contribution in [2.45, 2.75) is 26.7 Å². The number of rotatable bonds is 2. The summed E-state index contributed by atoms with van der Waals surface area (Å²) in [4.78, 5) is 16.2. The number of hydrogen-bond donors (Lipinski definition) is 1. The molecule has 0 heterocycles. The van der Waals surface area contributed by atoms with E-state index in [2.05, 4.69) is 4.99 Å². The van der Waals surface area contributed by atoms with E-state index < -0.39 is 0 Å². The molecule has 4 heteroatoms. The molecule has 1 aromatic carbocycles. The monoisotopic (exact) mass is 277 g/mol. The number of benzene rings is 1. The minimum Gasteiger partial charge on any atom is -0.511 e. The molecule has 0 aliphatic heterocycles. The maximum atomic E-state index is 12.0. The Morgan fingerprint density at radius 3 is 2.47 bits per heavy atom. The second kappa shape index (κ2) is 5.17. The van der Waals surface area contributed by atoms with Crippen molar-refractivity contribution >= 4 is 29.3 Å². The molecule has 0 spiro atoms. The average molecular weight is 278 g/mol. The molecule has 0 unspecified atom stereocenters. The van der Waals surface area contributed by atoms with Crippen LogP contribution in [0.2, 0.25) is 5.02 Å². The summed E-state index contributed by atoms with van der Waals surface area (Å²) in [6.45, 7) is 3.93. The van der Waals surface area contributed by atoms with Gasteiger partial charge < -0.3 is 5.11 Å². The maximum Gasteiger partial charge on any atom is 0.168 e. The lowest BCUT2D eigenvalue weighted by atomic mass is 9.77. The number of aliphatic hydroxyl groups is 1. The Morgan fingerprint density at radius 1 is 1.26 bits per heavy atom. The summed E-state index contributed by atoms with van der Waals surface area (Å²) in [6, 6.07) is 6.98. The Morgan fingerprint density at radius 2 is 1.89 bits per heavy atom. The molecule has 19 heavy (non-hydrogen) atoms. The molecule has 0 radical (unpaired) electrons. The van der Waals surface area contributed by atoms with Gasteiger partial charge in [0.25, 0.3) is 0 Å². The van der Waals surface area contributed by atoms with E-state index in [1.807, 2.05) is 13.8 Å². The number of allylic oxidation sites excluding steroid dienone is 2. The highest BCUT2D eigenvalue weighted by atomic mass is 35.5. The van der Waals surface area contributed by atoms with Crippen molar-refractivity contribution in [1.82, 2.24) is 0 Å². The van der Waals surface area contributed by atoms with Gasteiger partial charge in [0.2, 0.25) is 0 Å². The third-order valence-corrected chi connectivity index (χ3v) is 3.32. The second-order valence-corrected chi connectivity index (χ2v) is 5.97. The molecule has 0 fully saturated rings. The normalized spacial score (nSPS) is 19.2. The first-order chi connectivity index (χ1) is 8.87. The van der Waals surface area contributed by atoms with Crippen molar-refractivity contribution in [3.05, 3.63) is 40.6 Å². The summed E-state index contributed by atoms with van der Waals surface area (Å²) in [5, 5.41) is 10.6. The minimum atomic E-state index is -0.182. The number of halogens is 1. The highest BCUT2D eigenvalue weighted by Gasteiger charge is 2.32.